The summed E-state index contributed by atoms with van der Waals surface area (Å²) in [5, 5.41) is 4.77. The van der Waals surface area contributed by atoms with Gasteiger partial charge in [0.1, 0.15) is 17.0 Å². The first-order valence-corrected chi connectivity index (χ1v) is 8.72. The highest BCUT2D eigenvalue weighted by molar-refractivity contribution is 5.80. The number of nitrogens with zero attached hydrogens (tertiary/aromatic N) is 3. The molecule has 0 spiro atoms. The van der Waals surface area contributed by atoms with Crippen molar-refractivity contribution in [2.24, 2.45) is 0 Å². The molecule has 0 aliphatic heterocycles. The van der Waals surface area contributed by atoms with Crippen LogP contribution in [0, 0.1) is 6.92 Å². The van der Waals surface area contributed by atoms with E-state index in [1.807, 2.05) is 0 Å². The smallest absolute Gasteiger partial charge is 0.310 e. The lowest BCUT2D eigenvalue weighted by molar-refractivity contribution is -0.137. The van der Waals surface area contributed by atoms with E-state index in [4.69, 9.17) is 0 Å². The third kappa shape index (κ3) is 3.83. The molecule has 0 bridgehead atoms. The fourth-order valence-electron chi connectivity index (χ4n) is 3.06. The molecule has 0 amide bonds. The van der Waals surface area contributed by atoms with E-state index < -0.39 is 17.8 Å². The van der Waals surface area contributed by atoms with Crippen LogP contribution in [-0.4, -0.2) is 25.5 Å². The van der Waals surface area contributed by atoms with Crippen molar-refractivity contribution in [3.8, 4) is 0 Å². The van der Waals surface area contributed by atoms with Gasteiger partial charge in [0, 0.05) is 6.42 Å². The van der Waals surface area contributed by atoms with Crippen molar-refractivity contribution in [2.45, 2.75) is 45.8 Å². The number of hydrogen-bond acceptors (Lipinski definition) is 4. The standard InChI is InChI=1S/C19H19F3N4O2/c1-10(27)4-9-15-16-17(23-12(3)24-18(16)28)26(25-15)11(2)13-5-7-14(8-6-13)19(20,21)22/h5-8,11H,4,9H2,1-3H3,(H,23,24,28)/t11-/m1/s1. The zero-order valence-corrected chi connectivity index (χ0v) is 15.6. The van der Waals surface area contributed by atoms with Crippen LogP contribution >= 0.6 is 0 Å². The molecule has 0 aliphatic rings. The van der Waals surface area contributed by atoms with E-state index in [-0.39, 0.29) is 24.2 Å². The van der Waals surface area contributed by atoms with Gasteiger partial charge < -0.3 is 9.78 Å². The molecule has 28 heavy (non-hydrogen) atoms. The Morgan fingerprint density at radius 2 is 1.89 bits per heavy atom. The highest BCUT2D eigenvalue weighted by atomic mass is 19.4. The molecule has 1 atom stereocenters. The number of Topliss-reactive ketones (excluding diaryl/α,β-unsaturated/α-hetero) is 1. The largest absolute Gasteiger partial charge is 0.416 e. The van der Waals surface area contributed by atoms with Gasteiger partial charge in [-0.15, -0.1) is 0 Å². The van der Waals surface area contributed by atoms with Crippen LogP contribution in [0.1, 0.15) is 49.0 Å². The number of hydrogen-bond donors (Lipinski definition) is 1. The predicted molar refractivity (Wildman–Crippen MR) is 97.1 cm³/mol. The molecule has 1 N–H and O–H groups in total. The molecule has 0 saturated heterocycles. The number of benzene rings is 1. The number of aryl methyl sites for hydroxylation is 2. The number of fused-ring (bicyclic) bond motifs is 1. The maximum absolute atomic E-state index is 12.8. The average molecular weight is 392 g/mol. The predicted octanol–water partition coefficient (Wildman–Crippen LogP) is 3.58. The average Bonchev–Trinajstić information content (AvgIpc) is 2.97. The fourth-order valence-corrected chi connectivity index (χ4v) is 3.06. The van der Waals surface area contributed by atoms with Crippen molar-refractivity contribution >= 4 is 16.8 Å². The van der Waals surface area contributed by atoms with Gasteiger partial charge in [-0.2, -0.15) is 18.3 Å². The highest BCUT2D eigenvalue weighted by Crippen LogP contribution is 2.31. The topological polar surface area (TPSA) is 80.6 Å². The van der Waals surface area contributed by atoms with Crippen molar-refractivity contribution in [2.75, 3.05) is 0 Å². The molecule has 2 heterocycles. The quantitative estimate of drug-likeness (QED) is 0.720. The molecule has 0 fully saturated rings. The summed E-state index contributed by atoms with van der Waals surface area (Å²) in [6.45, 7) is 4.86. The van der Waals surface area contributed by atoms with Gasteiger partial charge in [-0.3, -0.25) is 4.79 Å². The zero-order valence-electron chi connectivity index (χ0n) is 15.6. The third-order valence-electron chi connectivity index (χ3n) is 4.55. The summed E-state index contributed by atoms with van der Waals surface area (Å²) in [5.41, 5.74) is 0.286. The second-order valence-corrected chi connectivity index (χ2v) is 6.74. The molecule has 0 aliphatic carbocycles. The molecular weight excluding hydrogens is 373 g/mol. The van der Waals surface area contributed by atoms with Gasteiger partial charge >= 0.3 is 6.18 Å². The van der Waals surface area contributed by atoms with Crippen LogP contribution in [0.5, 0.6) is 0 Å². The lowest BCUT2D eigenvalue weighted by Gasteiger charge is -2.15. The van der Waals surface area contributed by atoms with Gasteiger partial charge in [-0.1, -0.05) is 12.1 Å². The van der Waals surface area contributed by atoms with Crippen molar-refractivity contribution in [3.05, 3.63) is 57.3 Å². The Labute approximate surface area is 158 Å². The molecule has 148 valence electrons. The second-order valence-electron chi connectivity index (χ2n) is 6.74. The van der Waals surface area contributed by atoms with Crippen LogP contribution < -0.4 is 5.56 Å². The summed E-state index contributed by atoms with van der Waals surface area (Å²) in [5.74, 6) is 0.367. The fraction of sp³-hybridized carbons (Fsp3) is 0.368. The number of aromatic amines is 1. The van der Waals surface area contributed by atoms with Crippen LogP contribution in [0.15, 0.2) is 29.1 Å². The number of ketones is 1. The molecule has 6 nitrogen and oxygen atoms in total. The molecule has 0 radical (unpaired) electrons. The number of halogens is 3. The van der Waals surface area contributed by atoms with E-state index in [0.29, 0.717) is 28.1 Å². The molecule has 3 aromatic rings. The van der Waals surface area contributed by atoms with E-state index in [1.54, 1.807) is 13.8 Å². The maximum atomic E-state index is 12.8. The van der Waals surface area contributed by atoms with Crippen molar-refractivity contribution < 1.29 is 18.0 Å². The Kier molecular flexibility index (Phi) is 5.10. The minimum Gasteiger partial charge on any atom is -0.310 e. The first-order valence-electron chi connectivity index (χ1n) is 8.72. The lowest BCUT2D eigenvalue weighted by Crippen LogP contribution is -2.13. The maximum Gasteiger partial charge on any atom is 0.416 e. The van der Waals surface area contributed by atoms with Gasteiger partial charge in [-0.25, -0.2) is 9.67 Å². The number of carbonyl (C=O) groups is 1. The summed E-state index contributed by atoms with van der Waals surface area (Å²) in [4.78, 5) is 30.8. The Hall–Kier alpha value is -2.97. The van der Waals surface area contributed by atoms with Crippen molar-refractivity contribution in [3.63, 3.8) is 0 Å². The monoisotopic (exact) mass is 392 g/mol. The normalized spacial score (nSPS) is 13.1. The lowest BCUT2D eigenvalue weighted by atomic mass is 10.1. The number of H-pyrrole nitrogens is 1. The summed E-state index contributed by atoms with van der Waals surface area (Å²) in [7, 11) is 0. The van der Waals surface area contributed by atoms with Crippen LogP contribution in [0.2, 0.25) is 0 Å². The number of carbonyl (C=O) groups excluding carboxylic acids is 1. The Morgan fingerprint density at radius 1 is 1.25 bits per heavy atom. The highest BCUT2D eigenvalue weighted by Gasteiger charge is 2.30. The summed E-state index contributed by atoms with van der Waals surface area (Å²) >= 11 is 0. The van der Waals surface area contributed by atoms with Crippen LogP contribution in [-0.2, 0) is 17.4 Å². The summed E-state index contributed by atoms with van der Waals surface area (Å²) in [6, 6.07) is 4.34. The number of alkyl halides is 3. The molecule has 1 aromatic carbocycles. The van der Waals surface area contributed by atoms with E-state index in [0.717, 1.165) is 12.1 Å². The minimum atomic E-state index is -4.41. The second kappa shape index (κ2) is 7.21. The van der Waals surface area contributed by atoms with E-state index in [1.165, 1.54) is 23.7 Å². The molecule has 0 unspecified atom stereocenters. The summed E-state index contributed by atoms with van der Waals surface area (Å²) < 4.78 is 39.9. The van der Waals surface area contributed by atoms with E-state index in [2.05, 4.69) is 15.1 Å². The Balaban J connectivity index is 2.09. The van der Waals surface area contributed by atoms with Gasteiger partial charge in [0.15, 0.2) is 5.65 Å². The van der Waals surface area contributed by atoms with Crippen molar-refractivity contribution in [1.82, 2.24) is 19.7 Å². The van der Waals surface area contributed by atoms with Gasteiger partial charge in [0.25, 0.3) is 5.56 Å². The van der Waals surface area contributed by atoms with Crippen molar-refractivity contribution in [1.29, 1.82) is 0 Å². The first kappa shape index (κ1) is 19.8. The molecule has 0 saturated carbocycles. The Bertz CT molecular complexity index is 1080. The molecule has 9 heteroatoms. The van der Waals surface area contributed by atoms with Crippen LogP contribution in [0.25, 0.3) is 11.0 Å². The van der Waals surface area contributed by atoms with E-state index in [9.17, 15) is 22.8 Å². The molecule has 3 rings (SSSR count). The van der Waals surface area contributed by atoms with Gasteiger partial charge in [0.2, 0.25) is 0 Å². The number of rotatable bonds is 5. The van der Waals surface area contributed by atoms with Crippen LogP contribution in [0.4, 0.5) is 13.2 Å². The SMILES string of the molecule is CC(=O)CCc1nn([C@H](C)c2ccc(C(F)(F)F)cc2)c2nc(C)[nH]c(=O)c12. The number of nitrogens with one attached hydrogen (secondary N) is 1. The van der Waals surface area contributed by atoms with E-state index >= 15 is 0 Å². The zero-order chi connectivity index (χ0) is 20.6. The molecule has 2 aromatic heterocycles. The first-order chi connectivity index (χ1) is 13.1. The molecular formula is C19H19F3N4O2. The van der Waals surface area contributed by atoms with Gasteiger partial charge in [-0.05, 0) is 44.9 Å². The summed E-state index contributed by atoms with van der Waals surface area (Å²) in [6.07, 6.45) is -3.90. The minimum absolute atomic E-state index is 0.0324. The Morgan fingerprint density at radius 3 is 2.46 bits per heavy atom. The third-order valence-corrected chi connectivity index (χ3v) is 4.55. The van der Waals surface area contributed by atoms with Gasteiger partial charge in [0.05, 0.1) is 17.3 Å². The van der Waals surface area contributed by atoms with Crippen LogP contribution in [0.3, 0.4) is 0 Å². The number of aromatic nitrogens is 4.